The second-order valence-electron chi connectivity index (χ2n) is 6.54. The van der Waals surface area contributed by atoms with Gasteiger partial charge in [-0.15, -0.1) is 0 Å². The zero-order valence-corrected chi connectivity index (χ0v) is 17.1. The Labute approximate surface area is 167 Å². The minimum Gasteiger partial charge on any atom is -0.464 e. The van der Waals surface area contributed by atoms with Crippen molar-refractivity contribution in [3.05, 3.63) is 66.2 Å². The van der Waals surface area contributed by atoms with Crippen LogP contribution in [0.2, 0.25) is 0 Å². The Kier molecular flexibility index (Phi) is 9.17. The van der Waals surface area contributed by atoms with E-state index in [-0.39, 0.29) is 23.7 Å². The molecule has 1 unspecified atom stereocenters. The first-order valence-electron chi connectivity index (χ1n) is 9.63. The first-order chi connectivity index (χ1) is 13.5. The van der Waals surface area contributed by atoms with Crippen molar-refractivity contribution < 1.29 is 22.7 Å². The van der Waals surface area contributed by atoms with Crippen LogP contribution < -0.4 is 0 Å². The topological polar surface area (TPSA) is 69.7 Å². The number of sulfone groups is 1. The lowest BCUT2D eigenvalue weighted by Gasteiger charge is -2.17. The van der Waals surface area contributed by atoms with E-state index in [0.717, 1.165) is 12.8 Å². The van der Waals surface area contributed by atoms with Crippen molar-refractivity contribution in [2.24, 2.45) is 0 Å². The smallest absolute Gasteiger partial charge is 0.335 e. The Morgan fingerprint density at radius 1 is 0.964 bits per heavy atom. The van der Waals surface area contributed by atoms with Gasteiger partial charge < -0.3 is 9.47 Å². The predicted molar refractivity (Wildman–Crippen MR) is 109 cm³/mol. The molecule has 152 valence electrons. The minimum absolute atomic E-state index is 0.0781. The predicted octanol–water partition coefficient (Wildman–Crippen LogP) is 3.82. The summed E-state index contributed by atoms with van der Waals surface area (Å²) in [6.45, 7) is 2.60. The molecule has 0 aromatic heterocycles. The number of hydrogen-bond acceptors (Lipinski definition) is 5. The number of esters is 1. The van der Waals surface area contributed by atoms with Crippen LogP contribution in [0.25, 0.3) is 0 Å². The minimum atomic E-state index is -3.46. The fraction of sp³-hybridized carbons (Fsp3) is 0.409. The average Bonchev–Trinajstić information content (AvgIpc) is 2.72. The molecular weight excluding hydrogens is 376 g/mol. The van der Waals surface area contributed by atoms with Gasteiger partial charge in [-0.1, -0.05) is 55.5 Å². The summed E-state index contributed by atoms with van der Waals surface area (Å²) in [5.74, 6) is -0.658. The molecule has 2 rings (SSSR count). The van der Waals surface area contributed by atoms with Gasteiger partial charge in [0.25, 0.3) is 0 Å². The van der Waals surface area contributed by atoms with Gasteiger partial charge in [-0.25, -0.2) is 13.2 Å². The molecule has 5 nitrogen and oxygen atoms in total. The van der Waals surface area contributed by atoms with Gasteiger partial charge in [-0.2, -0.15) is 0 Å². The maximum absolute atomic E-state index is 12.4. The third-order valence-corrected chi connectivity index (χ3v) is 6.00. The standard InChI is InChI=1S/C22H28O5S/c1-2-16-26-21(15-18-28(24,25)20-13-7-4-8-14-20)22(23)27-17-9-12-19-10-5-3-6-11-19/h3-8,10-11,13-14,21H,2,9,12,15-18H2,1H3. The summed E-state index contributed by atoms with van der Waals surface area (Å²) in [4.78, 5) is 12.6. The van der Waals surface area contributed by atoms with E-state index < -0.39 is 21.9 Å². The summed E-state index contributed by atoms with van der Waals surface area (Å²) in [6, 6.07) is 18.2. The molecule has 28 heavy (non-hydrogen) atoms. The van der Waals surface area contributed by atoms with Gasteiger partial charge in [0.05, 0.1) is 17.3 Å². The Balaban J connectivity index is 1.84. The number of aryl methyl sites for hydroxylation is 1. The Hall–Kier alpha value is -2.18. The molecule has 0 bridgehead atoms. The molecule has 0 heterocycles. The van der Waals surface area contributed by atoms with E-state index in [1.54, 1.807) is 30.3 Å². The second kappa shape index (κ2) is 11.6. The average molecular weight is 405 g/mol. The monoisotopic (exact) mass is 404 g/mol. The highest BCUT2D eigenvalue weighted by atomic mass is 32.2. The molecule has 0 radical (unpaired) electrons. The summed E-state index contributed by atoms with van der Waals surface area (Å²) in [5, 5.41) is 0. The quantitative estimate of drug-likeness (QED) is 0.397. The Bertz CT molecular complexity index is 803. The highest BCUT2D eigenvalue weighted by molar-refractivity contribution is 7.91. The summed E-state index contributed by atoms with van der Waals surface area (Å²) in [5.41, 5.74) is 1.19. The molecule has 0 saturated carbocycles. The van der Waals surface area contributed by atoms with Gasteiger partial charge >= 0.3 is 5.97 Å². The van der Waals surface area contributed by atoms with Crippen LogP contribution in [0.1, 0.15) is 31.7 Å². The highest BCUT2D eigenvalue weighted by Gasteiger charge is 2.24. The second-order valence-corrected chi connectivity index (χ2v) is 8.65. The van der Waals surface area contributed by atoms with Crippen molar-refractivity contribution in [3.63, 3.8) is 0 Å². The van der Waals surface area contributed by atoms with E-state index in [9.17, 15) is 13.2 Å². The zero-order valence-electron chi connectivity index (χ0n) is 16.3. The van der Waals surface area contributed by atoms with Gasteiger partial charge in [-0.05, 0) is 43.4 Å². The van der Waals surface area contributed by atoms with Crippen LogP contribution in [0.3, 0.4) is 0 Å². The lowest BCUT2D eigenvalue weighted by molar-refractivity contribution is -0.157. The van der Waals surface area contributed by atoms with Crippen molar-refractivity contribution in [2.45, 2.75) is 43.6 Å². The number of benzene rings is 2. The van der Waals surface area contributed by atoms with E-state index in [0.29, 0.717) is 13.0 Å². The zero-order chi connectivity index (χ0) is 20.2. The molecule has 0 amide bonds. The van der Waals surface area contributed by atoms with Crippen LogP contribution in [0.4, 0.5) is 0 Å². The van der Waals surface area contributed by atoms with Crippen molar-refractivity contribution in [2.75, 3.05) is 19.0 Å². The van der Waals surface area contributed by atoms with Crippen LogP contribution in [0.5, 0.6) is 0 Å². The third-order valence-electron chi connectivity index (χ3n) is 4.23. The van der Waals surface area contributed by atoms with Crippen molar-refractivity contribution in [3.8, 4) is 0 Å². The number of carbonyl (C=O) groups is 1. The molecule has 0 N–H and O–H groups in total. The molecule has 2 aromatic carbocycles. The van der Waals surface area contributed by atoms with Crippen LogP contribution in [-0.4, -0.2) is 39.5 Å². The SMILES string of the molecule is CCCOC(CCS(=O)(=O)c1ccccc1)C(=O)OCCCc1ccccc1. The highest BCUT2D eigenvalue weighted by Crippen LogP contribution is 2.14. The molecule has 1 atom stereocenters. The summed E-state index contributed by atoms with van der Waals surface area (Å²) in [6.07, 6.45) is 1.48. The first kappa shape index (κ1) is 22.1. The summed E-state index contributed by atoms with van der Waals surface area (Å²) >= 11 is 0. The molecule has 0 aliphatic heterocycles. The molecule has 0 aliphatic rings. The number of ether oxygens (including phenoxy) is 2. The molecule has 0 saturated heterocycles. The number of hydrogen-bond donors (Lipinski definition) is 0. The normalized spacial score (nSPS) is 12.5. The largest absolute Gasteiger partial charge is 0.464 e. The van der Waals surface area contributed by atoms with E-state index in [1.165, 1.54) is 5.56 Å². The van der Waals surface area contributed by atoms with Crippen LogP contribution in [-0.2, 0) is 30.5 Å². The van der Waals surface area contributed by atoms with Crippen molar-refractivity contribution >= 4 is 15.8 Å². The Morgan fingerprint density at radius 3 is 2.25 bits per heavy atom. The molecule has 0 spiro atoms. The van der Waals surface area contributed by atoms with E-state index in [2.05, 4.69) is 0 Å². The summed E-state index contributed by atoms with van der Waals surface area (Å²) in [7, 11) is -3.46. The number of rotatable bonds is 12. The van der Waals surface area contributed by atoms with Gasteiger partial charge in [0.2, 0.25) is 0 Å². The van der Waals surface area contributed by atoms with Gasteiger partial charge in [-0.3, -0.25) is 0 Å². The Morgan fingerprint density at radius 2 is 1.61 bits per heavy atom. The number of carbonyl (C=O) groups excluding carboxylic acids is 1. The molecule has 6 heteroatoms. The van der Waals surface area contributed by atoms with E-state index >= 15 is 0 Å². The van der Waals surface area contributed by atoms with E-state index in [1.807, 2.05) is 37.3 Å². The maximum Gasteiger partial charge on any atom is 0.335 e. The van der Waals surface area contributed by atoms with Gasteiger partial charge in [0.1, 0.15) is 0 Å². The maximum atomic E-state index is 12.4. The van der Waals surface area contributed by atoms with Gasteiger partial charge in [0, 0.05) is 6.61 Å². The molecule has 0 fully saturated rings. The molecular formula is C22H28O5S. The fourth-order valence-corrected chi connectivity index (χ4v) is 4.06. The third kappa shape index (κ3) is 7.44. The van der Waals surface area contributed by atoms with Crippen LogP contribution in [0.15, 0.2) is 65.6 Å². The van der Waals surface area contributed by atoms with Crippen molar-refractivity contribution in [1.29, 1.82) is 0 Å². The van der Waals surface area contributed by atoms with E-state index in [4.69, 9.17) is 9.47 Å². The lowest BCUT2D eigenvalue weighted by Crippen LogP contribution is -2.30. The van der Waals surface area contributed by atoms with Crippen molar-refractivity contribution in [1.82, 2.24) is 0 Å². The van der Waals surface area contributed by atoms with Crippen LogP contribution >= 0.6 is 0 Å². The molecule has 0 aliphatic carbocycles. The fourth-order valence-electron chi connectivity index (χ4n) is 2.72. The summed E-state index contributed by atoms with van der Waals surface area (Å²) < 4.78 is 35.8. The van der Waals surface area contributed by atoms with Gasteiger partial charge in [0.15, 0.2) is 15.9 Å². The lowest BCUT2D eigenvalue weighted by atomic mass is 10.1. The first-order valence-corrected chi connectivity index (χ1v) is 11.3. The molecule has 2 aromatic rings. The van der Waals surface area contributed by atoms with Crippen LogP contribution in [0, 0.1) is 0 Å².